The first-order valence-corrected chi connectivity index (χ1v) is 6.92. The van der Waals surface area contributed by atoms with Gasteiger partial charge in [0.1, 0.15) is 0 Å². The second kappa shape index (κ2) is 5.24. The fraction of sp³-hybridized carbons (Fsp3) is 0.250. The monoisotopic (exact) mass is 272 g/mol. The summed E-state index contributed by atoms with van der Waals surface area (Å²) in [5.74, 6) is 0. The Morgan fingerprint density at radius 2 is 1.58 bits per heavy atom. The summed E-state index contributed by atoms with van der Waals surface area (Å²) in [5.41, 5.74) is 3.70. The molecular weight excluding hydrogens is 256 g/mol. The van der Waals surface area contributed by atoms with Crippen LogP contribution < -0.4 is 4.90 Å². The van der Waals surface area contributed by atoms with Gasteiger partial charge in [0.15, 0.2) is 0 Å². The summed E-state index contributed by atoms with van der Waals surface area (Å²) in [5, 5.41) is 0.807. The molecule has 0 amide bonds. The molecule has 0 aliphatic carbocycles. The van der Waals surface area contributed by atoms with Gasteiger partial charge in [-0.25, -0.2) is 0 Å². The van der Waals surface area contributed by atoms with Crippen LogP contribution in [0.25, 0.3) is 0 Å². The van der Waals surface area contributed by atoms with Gasteiger partial charge in [-0.3, -0.25) is 0 Å². The summed E-state index contributed by atoms with van der Waals surface area (Å²) < 4.78 is 0. The van der Waals surface area contributed by atoms with Gasteiger partial charge >= 0.3 is 0 Å². The quantitative estimate of drug-likeness (QED) is 0.776. The fourth-order valence-corrected chi connectivity index (χ4v) is 2.83. The maximum Gasteiger partial charge on any atom is 0.0643 e. The number of hydrogen-bond acceptors (Lipinski definition) is 2. The number of nitrogens with zero attached hydrogens (tertiary/aromatic N) is 2. The zero-order valence-corrected chi connectivity index (χ0v) is 11.8. The van der Waals surface area contributed by atoms with Crippen LogP contribution in [-0.2, 0) is 6.54 Å². The van der Waals surface area contributed by atoms with Crippen molar-refractivity contribution in [3.8, 4) is 0 Å². The Hall–Kier alpha value is -1.51. The summed E-state index contributed by atoms with van der Waals surface area (Å²) in [6, 6.07) is 16.6. The minimum Gasteiger partial charge on any atom is -0.339 e. The highest BCUT2D eigenvalue weighted by Crippen LogP contribution is 2.35. The molecular formula is C16H17ClN2. The first kappa shape index (κ1) is 12.5. The second-order valence-corrected chi connectivity index (χ2v) is 5.38. The SMILES string of the molecule is CN1CCN(c2ccccc2Cl)c2ccccc2C1. The standard InChI is InChI=1S/C16H17ClN2/c1-18-10-11-19(16-9-5-3-7-14(16)17)15-8-4-2-6-13(15)12-18/h2-9H,10-12H2,1H3. The number of halogens is 1. The summed E-state index contributed by atoms with van der Waals surface area (Å²) in [4.78, 5) is 4.66. The molecule has 2 aromatic rings. The lowest BCUT2D eigenvalue weighted by Gasteiger charge is -2.25. The molecule has 0 fully saturated rings. The predicted molar refractivity (Wildman–Crippen MR) is 81.2 cm³/mol. The molecule has 0 aromatic heterocycles. The molecule has 0 saturated heterocycles. The Bertz CT molecular complexity index is 582. The lowest BCUT2D eigenvalue weighted by molar-refractivity contribution is 0.343. The molecule has 0 saturated carbocycles. The van der Waals surface area contributed by atoms with E-state index in [0.717, 1.165) is 30.3 Å². The maximum absolute atomic E-state index is 6.36. The first-order valence-electron chi connectivity index (χ1n) is 6.54. The fourth-order valence-electron chi connectivity index (χ4n) is 2.59. The normalized spacial score (nSPS) is 16.0. The molecule has 1 heterocycles. The van der Waals surface area contributed by atoms with E-state index in [1.807, 2.05) is 18.2 Å². The molecule has 2 aromatic carbocycles. The second-order valence-electron chi connectivity index (χ2n) is 4.97. The van der Waals surface area contributed by atoms with E-state index < -0.39 is 0 Å². The molecule has 0 radical (unpaired) electrons. The van der Waals surface area contributed by atoms with Crippen molar-refractivity contribution >= 4 is 23.0 Å². The lowest BCUT2D eigenvalue weighted by atomic mass is 10.1. The van der Waals surface area contributed by atoms with Gasteiger partial charge < -0.3 is 9.80 Å². The van der Waals surface area contributed by atoms with E-state index in [2.05, 4.69) is 47.2 Å². The van der Waals surface area contributed by atoms with Gasteiger partial charge in [0.05, 0.1) is 10.7 Å². The van der Waals surface area contributed by atoms with E-state index in [1.54, 1.807) is 0 Å². The van der Waals surface area contributed by atoms with E-state index >= 15 is 0 Å². The Labute approximate surface area is 119 Å². The van der Waals surface area contributed by atoms with Crippen molar-refractivity contribution in [1.82, 2.24) is 4.90 Å². The van der Waals surface area contributed by atoms with Crippen molar-refractivity contribution in [2.24, 2.45) is 0 Å². The number of likely N-dealkylation sites (N-methyl/N-ethyl adjacent to an activating group) is 1. The van der Waals surface area contributed by atoms with Crippen LogP contribution in [-0.4, -0.2) is 25.0 Å². The highest BCUT2D eigenvalue weighted by Gasteiger charge is 2.19. The van der Waals surface area contributed by atoms with Crippen LogP contribution in [0, 0.1) is 0 Å². The smallest absolute Gasteiger partial charge is 0.0643 e. The van der Waals surface area contributed by atoms with Gasteiger partial charge in [-0.1, -0.05) is 41.9 Å². The molecule has 1 aliphatic rings. The van der Waals surface area contributed by atoms with Crippen molar-refractivity contribution in [1.29, 1.82) is 0 Å². The van der Waals surface area contributed by atoms with Crippen molar-refractivity contribution in [2.45, 2.75) is 6.54 Å². The summed E-state index contributed by atoms with van der Waals surface area (Å²) in [6.45, 7) is 2.97. The van der Waals surface area contributed by atoms with Gasteiger partial charge in [0.2, 0.25) is 0 Å². The number of anilines is 2. The number of para-hydroxylation sites is 2. The van der Waals surface area contributed by atoms with Crippen LogP contribution in [0.3, 0.4) is 0 Å². The van der Waals surface area contributed by atoms with E-state index in [4.69, 9.17) is 11.6 Å². The van der Waals surface area contributed by atoms with Crippen LogP contribution in [0.1, 0.15) is 5.56 Å². The topological polar surface area (TPSA) is 6.48 Å². The summed E-state index contributed by atoms with van der Waals surface area (Å²) in [6.07, 6.45) is 0. The Kier molecular flexibility index (Phi) is 3.45. The van der Waals surface area contributed by atoms with Crippen LogP contribution in [0.4, 0.5) is 11.4 Å². The van der Waals surface area contributed by atoms with Gasteiger partial charge in [0, 0.05) is 25.3 Å². The van der Waals surface area contributed by atoms with E-state index in [-0.39, 0.29) is 0 Å². The van der Waals surface area contributed by atoms with Crippen LogP contribution in [0.2, 0.25) is 5.02 Å². The van der Waals surface area contributed by atoms with Crippen molar-refractivity contribution in [3.05, 3.63) is 59.1 Å². The third kappa shape index (κ3) is 2.46. The van der Waals surface area contributed by atoms with Crippen molar-refractivity contribution in [3.63, 3.8) is 0 Å². The summed E-state index contributed by atoms with van der Waals surface area (Å²) in [7, 11) is 2.16. The largest absolute Gasteiger partial charge is 0.339 e. The molecule has 3 heteroatoms. The van der Waals surface area contributed by atoms with Gasteiger partial charge in [-0.15, -0.1) is 0 Å². The number of rotatable bonds is 1. The summed E-state index contributed by atoms with van der Waals surface area (Å²) >= 11 is 6.36. The molecule has 0 unspecified atom stereocenters. The predicted octanol–water partition coefficient (Wildman–Crippen LogP) is 3.92. The Morgan fingerprint density at radius 3 is 2.37 bits per heavy atom. The molecule has 3 rings (SSSR count). The Balaban J connectivity index is 2.09. The van der Waals surface area contributed by atoms with Gasteiger partial charge in [-0.05, 0) is 30.8 Å². The molecule has 98 valence electrons. The molecule has 19 heavy (non-hydrogen) atoms. The average molecular weight is 273 g/mol. The van der Waals surface area contributed by atoms with Crippen molar-refractivity contribution < 1.29 is 0 Å². The highest BCUT2D eigenvalue weighted by atomic mass is 35.5. The van der Waals surface area contributed by atoms with Crippen LogP contribution in [0.15, 0.2) is 48.5 Å². The third-order valence-electron chi connectivity index (χ3n) is 3.57. The zero-order chi connectivity index (χ0) is 13.2. The van der Waals surface area contributed by atoms with E-state index in [1.165, 1.54) is 11.3 Å². The lowest BCUT2D eigenvalue weighted by Crippen LogP contribution is -2.26. The van der Waals surface area contributed by atoms with Gasteiger partial charge in [-0.2, -0.15) is 0 Å². The van der Waals surface area contributed by atoms with Crippen LogP contribution in [0.5, 0.6) is 0 Å². The number of hydrogen-bond donors (Lipinski definition) is 0. The maximum atomic E-state index is 6.36. The molecule has 0 N–H and O–H groups in total. The molecule has 0 bridgehead atoms. The average Bonchev–Trinajstić information content (AvgIpc) is 2.58. The molecule has 0 atom stereocenters. The first-order chi connectivity index (χ1) is 9.25. The minimum atomic E-state index is 0.807. The minimum absolute atomic E-state index is 0.807. The molecule has 2 nitrogen and oxygen atoms in total. The molecule has 1 aliphatic heterocycles. The zero-order valence-electron chi connectivity index (χ0n) is 11.0. The highest BCUT2D eigenvalue weighted by molar-refractivity contribution is 6.33. The number of benzene rings is 2. The molecule has 0 spiro atoms. The van der Waals surface area contributed by atoms with Crippen molar-refractivity contribution in [2.75, 3.05) is 25.0 Å². The van der Waals surface area contributed by atoms with E-state index in [9.17, 15) is 0 Å². The number of fused-ring (bicyclic) bond motifs is 1. The van der Waals surface area contributed by atoms with Gasteiger partial charge in [0.25, 0.3) is 0 Å². The van der Waals surface area contributed by atoms with Crippen LogP contribution >= 0.6 is 11.6 Å². The third-order valence-corrected chi connectivity index (χ3v) is 3.89. The van der Waals surface area contributed by atoms with E-state index in [0.29, 0.717) is 0 Å². The Morgan fingerprint density at radius 1 is 0.895 bits per heavy atom.